The van der Waals surface area contributed by atoms with E-state index < -0.39 is 42.2 Å². The number of rotatable bonds is 4. The fraction of sp³-hybridized carbons (Fsp3) is 0.750. The molecule has 0 unspecified atom stereocenters. The average Bonchev–Trinajstić information content (AvgIpc) is 2.82. The molecular formula is C16H23NO8. The van der Waals surface area contributed by atoms with E-state index >= 15 is 0 Å². The van der Waals surface area contributed by atoms with E-state index in [9.17, 15) is 19.2 Å². The molecule has 140 valence electrons. The summed E-state index contributed by atoms with van der Waals surface area (Å²) in [6.07, 6.45) is -2.45. The van der Waals surface area contributed by atoms with Gasteiger partial charge in [-0.2, -0.15) is 0 Å². The minimum Gasteiger partial charge on any atom is -0.461 e. The van der Waals surface area contributed by atoms with Gasteiger partial charge in [0.15, 0.2) is 18.3 Å². The lowest BCUT2D eigenvalue weighted by Crippen LogP contribution is -2.62. The summed E-state index contributed by atoms with van der Waals surface area (Å²) in [4.78, 5) is 47.6. The van der Waals surface area contributed by atoms with Crippen molar-refractivity contribution in [3.05, 3.63) is 0 Å². The quantitative estimate of drug-likeness (QED) is 0.499. The van der Waals surface area contributed by atoms with Crippen molar-refractivity contribution in [1.29, 1.82) is 0 Å². The molecule has 0 aliphatic carbocycles. The Morgan fingerprint density at radius 3 is 1.76 bits per heavy atom. The first-order valence-corrected chi connectivity index (χ1v) is 8.10. The van der Waals surface area contributed by atoms with Crippen LogP contribution in [0.2, 0.25) is 0 Å². The fourth-order valence-electron chi connectivity index (χ4n) is 3.52. The molecule has 0 N–H and O–H groups in total. The summed E-state index contributed by atoms with van der Waals surface area (Å²) < 4.78 is 21.2. The molecular weight excluding hydrogens is 334 g/mol. The lowest BCUT2D eigenvalue weighted by atomic mass is 9.93. The summed E-state index contributed by atoms with van der Waals surface area (Å²) in [5, 5.41) is 0. The molecule has 2 rings (SSSR count). The van der Waals surface area contributed by atoms with Crippen LogP contribution in [0, 0.1) is 0 Å². The summed E-state index contributed by atoms with van der Waals surface area (Å²) in [6.45, 7) is 5.78. The van der Waals surface area contributed by atoms with Gasteiger partial charge >= 0.3 is 23.9 Å². The van der Waals surface area contributed by atoms with Gasteiger partial charge in [-0.3, -0.25) is 24.1 Å². The third kappa shape index (κ3) is 4.91. The van der Waals surface area contributed by atoms with Gasteiger partial charge in [0.1, 0.15) is 6.10 Å². The molecule has 2 aliphatic heterocycles. The molecule has 2 aliphatic rings. The van der Waals surface area contributed by atoms with E-state index in [0.29, 0.717) is 13.0 Å². The third-order valence-corrected chi connectivity index (χ3v) is 4.15. The monoisotopic (exact) mass is 357 g/mol. The van der Waals surface area contributed by atoms with Crippen LogP contribution < -0.4 is 0 Å². The van der Waals surface area contributed by atoms with Gasteiger partial charge in [-0.25, -0.2) is 0 Å². The van der Waals surface area contributed by atoms with Crippen molar-refractivity contribution in [2.45, 2.75) is 64.6 Å². The smallest absolute Gasteiger partial charge is 0.303 e. The Balaban J connectivity index is 2.27. The van der Waals surface area contributed by atoms with Crippen LogP contribution in [0.3, 0.4) is 0 Å². The predicted octanol–water partition coefficient (Wildman–Crippen LogP) is -0.199. The van der Waals surface area contributed by atoms with Gasteiger partial charge in [-0.1, -0.05) is 0 Å². The summed E-state index contributed by atoms with van der Waals surface area (Å²) in [5.41, 5.74) is 0. The number of fused-ring (bicyclic) bond motifs is 1. The van der Waals surface area contributed by atoms with E-state index in [2.05, 4.69) is 0 Å². The summed E-state index contributed by atoms with van der Waals surface area (Å²) in [7, 11) is 0. The zero-order valence-corrected chi connectivity index (χ0v) is 14.7. The van der Waals surface area contributed by atoms with Gasteiger partial charge in [-0.05, 0) is 0 Å². The molecule has 0 aromatic heterocycles. The van der Waals surface area contributed by atoms with Crippen LogP contribution in [0.15, 0.2) is 0 Å². The highest BCUT2D eigenvalue weighted by atomic mass is 16.6. The van der Waals surface area contributed by atoms with E-state index in [-0.39, 0.29) is 18.7 Å². The van der Waals surface area contributed by atoms with Gasteiger partial charge in [-0.15, -0.1) is 0 Å². The average molecular weight is 357 g/mol. The summed E-state index contributed by atoms with van der Waals surface area (Å²) >= 11 is 0. The van der Waals surface area contributed by atoms with E-state index in [1.807, 2.05) is 4.90 Å². The molecule has 0 amide bonds. The lowest BCUT2D eigenvalue weighted by Gasteiger charge is -2.43. The zero-order valence-electron chi connectivity index (χ0n) is 14.7. The predicted molar refractivity (Wildman–Crippen MR) is 82.2 cm³/mol. The molecule has 9 heteroatoms. The topological polar surface area (TPSA) is 108 Å². The molecule has 2 fully saturated rings. The molecule has 25 heavy (non-hydrogen) atoms. The van der Waals surface area contributed by atoms with Crippen molar-refractivity contribution in [1.82, 2.24) is 4.90 Å². The Kier molecular flexibility index (Phi) is 5.99. The highest BCUT2D eigenvalue weighted by molar-refractivity contribution is 5.68. The Hall–Kier alpha value is -2.16. The molecule has 9 nitrogen and oxygen atoms in total. The van der Waals surface area contributed by atoms with E-state index in [0.717, 1.165) is 0 Å². The number of hydrogen-bond donors (Lipinski definition) is 0. The Morgan fingerprint density at radius 1 is 0.720 bits per heavy atom. The number of nitrogens with zero attached hydrogens (tertiary/aromatic N) is 1. The summed E-state index contributed by atoms with van der Waals surface area (Å²) in [6, 6.07) is -0.301. The first kappa shape index (κ1) is 19.2. The number of ether oxygens (including phenoxy) is 4. The first-order valence-electron chi connectivity index (χ1n) is 8.10. The van der Waals surface area contributed by atoms with Gasteiger partial charge in [0, 0.05) is 47.2 Å². The SMILES string of the molecule is CC(=O)O[C@H]1C[C@@H]2[C@@H](OC(C)=O)[C@H](OC(C)=O)[C@@H](OC(C)=O)CN2C1. The van der Waals surface area contributed by atoms with E-state index in [4.69, 9.17) is 18.9 Å². The van der Waals surface area contributed by atoms with Gasteiger partial charge < -0.3 is 18.9 Å². The Bertz CT molecular complexity index is 562. The number of hydrogen-bond acceptors (Lipinski definition) is 9. The summed E-state index contributed by atoms with van der Waals surface area (Å²) in [5.74, 6) is -2.04. The largest absolute Gasteiger partial charge is 0.461 e. The number of carbonyl (C=O) groups is 4. The van der Waals surface area contributed by atoms with Crippen molar-refractivity contribution < 1.29 is 38.1 Å². The highest BCUT2D eigenvalue weighted by Crippen LogP contribution is 2.34. The van der Waals surface area contributed by atoms with Crippen LogP contribution >= 0.6 is 0 Å². The van der Waals surface area contributed by atoms with E-state index in [1.165, 1.54) is 27.7 Å². The molecule has 2 saturated heterocycles. The van der Waals surface area contributed by atoms with Crippen LogP contribution in [-0.4, -0.2) is 72.3 Å². The zero-order chi connectivity index (χ0) is 18.7. The first-order chi connectivity index (χ1) is 11.7. The maximum absolute atomic E-state index is 11.5. The molecule has 0 aromatic carbocycles. The van der Waals surface area contributed by atoms with Crippen molar-refractivity contribution in [2.75, 3.05) is 13.1 Å². The maximum atomic E-state index is 11.5. The van der Waals surface area contributed by atoms with Crippen LogP contribution in [0.4, 0.5) is 0 Å². The van der Waals surface area contributed by atoms with Crippen LogP contribution in [0.1, 0.15) is 34.1 Å². The van der Waals surface area contributed by atoms with Crippen molar-refractivity contribution in [3.63, 3.8) is 0 Å². The van der Waals surface area contributed by atoms with Gasteiger partial charge in [0.25, 0.3) is 0 Å². The fourth-order valence-corrected chi connectivity index (χ4v) is 3.52. The normalized spacial score (nSPS) is 31.6. The molecule has 0 radical (unpaired) electrons. The van der Waals surface area contributed by atoms with Crippen molar-refractivity contribution in [2.24, 2.45) is 0 Å². The molecule has 0 spiro atoms. The van der Waals surface area contributed by atoms with Crippen molar-refractivity contribution >= 4 is 23.9 Å². The molecule has 0 aromatic rings. The van der Waals surface area contributed by atoms with Crippen LogP contribution in [0.25, 0.3) is 0 Å². The van der Waals surface area contributed by atoms with Crippen LogP contribution in [0.5, 0.6) is 0 Å². The number of esters is 4. The number of carbonyl (C=O) groups excluding carboxylic acids is 4. The number of piperidine rings is 1. The lowest BCUT2D eigenvalue weighted by molar-refractivity contribution is -0.200. The second kappa shape index (κ2) is 7.81. The standard InChI is InChI=1S/C16H23NO8/c1-8(18)22-12-5-13-15(24-10(3)20)16(25-11(4)21)14(23-9(2)19)7-17(13)6-12/h12-16H,5-7H2,1-4H3/t12-,13+,14-,15+,16+/m0/s1. The Morgan fingerprint density at radius 2 is 1.24 bits per heavy atom. The molecule has 5 atom stereocenters. The van der Waals surface area contributed by atoms with Gasteiger partial charge in [0.05, 0.1) is 6.04 Å². The van der Waals surface area contributed by atoms with E-state index in [1.54, 1.807) is 0 Å². The van der Waals surface area contributed by atoms with Gasteiger partial charge in [0.2, 0.25) is 0 Å². The molecule has 0 bridgehead atoms. The second-order valence-electron chi connectivity index (χ2n) is 6.28. The third-order valence-electron chi connectivity index (χ3n) is 4.15. The van der Waals surface area contributed by atoms with Crippen LogP contribution in [-0.2, 0) is 38.1 Å². The highest BCUT2D eigenvalue weighted by Gasteiger charge is 2.53. The van der Waals surface area contributed by atoms with Crippen molar-refractivity contribution in [3.8, 4) is 0 Å². The maximum Gasteiger partial charge on any atom is 0.303 e. The minimum atomic E-state index is -0.914. The molecule has 2 heterocycles. The second-order valence-corrected chi connectivity index (χ2v) is 6.28. The Labute approximate surface area is 145 Å². The minimum absolute atomic E-state index is 0.289. The molecule has 0 saturated carbocycles.